The summed E-state index contributed by atoms with van der Waals surface area (Å²) in [4.78, 5) is 2.22. The van der Waals surface area contributed by atoms with Crippen LogP contribution in [0.2, 0.25) is 0 Å². The first kappa shape index (κ1) is 14.3. The number of hydrogen-bond donors (Lipinski definition) is 0. The fraction of sp³-hybridized carbons (Fsp3) is 0.353. The number of fused-ring (bicyclic) bond motifs is 1. The topological polar surface area (TPSA) is 24.8 Å². The smallest absolute Gasteiger partial charge is 0.148 e. The molecular weight excluding hydrogens is 280 g/mol. The number of rotatable bonds is 4. The Hall–Kier alpha value is -1.68. The van der Waals surface area contributed by atoms with Crippen LogP contribution in [-0.2, 0) is 0 Å². The van der Waals surface area contributed by atoms with Crippen LogP contribution in [0, 0.1) is 0 Å². The van der Waals surface area contributed by atoms with Gasteiger partial charge in [-0.05, 0) is 55.1 Å². The molecule has 0 N–H and O–H groups in total. The van der Waals surface area contributed by atoms with Crippen molar-refractivity contribution in [2.75, 3.05) is 12.3 Å². The Morgan fingerprint density at radius 3 is 2.90 bits per heavy atom. The standard InChI is InChI=1S/C17H20N2OS/c1-3-13(2)20-15-8-6-14(7-9-15)16-5-4-10-19-11-12-21-18-17(16)19/h4-10,13H,3,11-12H2,1-2H3. The molecule has 1 atom stereocenters. The van der Waals surface area contributed by atoms with Crippen LogP contribution in [-0.4, -0.2) is 29.1 Å². The summed E-state index contributed by atoms with van der Waals surface area (Å²) in [6.07, 6.45) is 7.59. The van der Waals surface area contributed by atoms with E-state index < -0.39 is 0 Å². The highest BCUT2D eigenvalue weighted by molar-refractivity contribution is 7.98. The molecule has 0 aromatic heterocycles. The van der Waals surface area contributed by atoms with Gasteiger partial charge in [0.25, 0.3) is 0 Å². The highest BCUT2D eigenvalue weighted by atomic mass is 32.2. The molecule has 1 unspecified atom stereocenters. The maximum absolute atomic E-state index is 5.83. The molecular formula is C17H20N2OS. The van der Waals surface area contributed by atoms with Gasteiger partial charge in [-0.15, -0.1) is 0 Å². The normalized spacial score (nSPS) is 18.7. The van der Waals surface area contributed by atoms with Gasteiger partial charge >= 0.3 is 0 Å². The fourth-order valence-electron chi connectivity index (χ4n) is 2.33. The first-order chi connectivity index (χ1) is 10.3. The monoisotopic (exact) mass is 300 g/mol. The second kappa shape index (κ2) is 6.39. The molecule has 3 rings (SSSR count). The Balaban J connectivity index is 1.82. The molecule has 0 spiro atoms. The van der Waals surface area contributed by atoms with Gasteiger partial charge in [0.05, 0.1) is 6.10 Å². The summed E-state index contributed by atoms with van der Waals surface area (Å²) in [6, 6.07) is 8.31. The Morgan fingerprint density at radius 1 is 1.33 bits per heavy atom. The molecule has 4 heteroatoms. The van der Waals surface area contributed by atoms with Gasteiger partial charge in [-0.1, -0.05) is 19.1 Å². The molecule has 110 valence electrons. The third kappa shape index (κ3) is 3.16. The summed E-state index contributed by atoms with van der Waals surface area (Å²) < 4.78 is 10.4. The first-order valence-electron chi connectivity index (χ1n) is 7.40. The van der Waals surface area contributed by atoms with E-state index in [0.717, 1.165) is 30.3 Å². The van der Waals surface area contributed by atoms with Crippen molar-refractivity contribution in [1.82, 2.24) is 4.90 Å². The molecule has 0 bridgehead atoms. The Bertz CT molecular complexity index is 589. The Morgan fingerprint density at radius 2 is 2.14 bits per heavy atom. The van der Waals surface area contributed by atoms with Crippen LogP contribution < -0.4 is 4.74 Å². The van der Waals surface area contributed by atoms with E-state index in [2.05, 4.69) is 53.6 Å². The predicted octanol–water partition coefficient (Wildman–Crippen LogP) is 4.14. The predicted molar refractivity (Wildman–Crippen MR) is 90.5 cm³/mol. The van der Waals surface area contributed by atoms with Crippen LogP contribution in [0.5, 0.6) is 5.75 Å². The highest BCUT2D eigenvalue weighted by Gasteiger charge is 2.21. The van der Waals surface area contributed by atoms with Crippen LogP contribution >= 0.6 is 11.9 Å². The van der Waals surface area contributed by atoms with Crippen molar-refractivity contribution >= 4 is 23.4 Å². The first-order valence-corrected chi connectivity index (χ1v) is 8.34. The fourth-order valence-corrected chi connectivity index (χ4v) is 3.02. The number of allylic oxidation sites excluding steroid dienone is 2. The van der Waals surface area contributed by atoms with Crippen molar-refractivity contribution in [1.29, 1.82) is 0 Å². The van der Waals surface area contributed by atoms with Gasteiger partial charge in [-0.2, -0.15) is 4.40 Å². The lowest BCUT2D eigenvalue weighted by Crippen LogP contribution is -2.32. The lowest BCUT2D eigenvalue weighted by molar-refractivity contribution is 0.217. The Kier molecular flexibility index (Phi) is 4.34. The van der Waals surface area contributed by atoms with E-state index in [9.17, 15) is 0 Å². The molecule has 1 aromatic carbocycles. The largest absolute Gasteiger partial charge is 0.491 e. The zero-order valence-electron chi connectivity index (χ0n) is 12.5. The quantitative estimate of drug-likeness (QED) is 0.781. The molecule has 0 radical (unpaired) electrons. The van der Waals surface area contributed by atoms with Crippen molar-refractivity contribution < 1.29 is 4.74 Å². The van der Waals surface area contributed by atoms with Crippen LogP contribution in [0.4, 0.5) is 0 Å². The summed E-state index contributed by atoms with van der Waals surface area (Å²) in [5.41, 5.74) is 2.36. The number of amidine groups is 1. The minimum Gasteiger partial charge on any atom is -0.491 e. The molecule has 0 aliphatic carbocycles. The number of benzene rings is 1. The summed E-state index contributed by atoms with van der Waals surface area (Å²) >= 11 is 1.64. The van der Waals surface area contributed by atoms with Crippen molar-refractivity contribution in [3.8, 4) is 5.75 Å². The maximum atomic E-state index is 5.83. The number of ether oxygens (including phenoxy) is 1. The SMILES string of the molecule is CCC(C)Oc1ccc(C2=CC=CN3CCSN=C23)cc1. The van der Waals surface area contributed by atoms with Crippen molar-refractivity contribution in [2.45, 2.75) is 26.4 Å². The molecule has 1 aromatic rings. The second-order valence-corrected chi connectivity index (χ2v) is 6.07. The van der Waals surface area contributed by atoms with Gasteiger partial charge in [-0.3, -0.25) is 0 Å². The molecule has 0 saturated carbocycles. The zero-order valence-corrected chi connectivity index (χ0v) is 13.3. The van der Waals surface area contributed by atoms with Crippen LogP contribution in [0.1, 0.15) is 25.8 Å². The molecule has 3 nitrogen and oxygen atoms in total. The van der Waals surface area contributed by atoms with E-state index in [1.54, 1.807) is 11.9 Å². The average molecular weight is 300 g/mol. The molecule has 21 heavy (non-hydrogen) atoms. The third-order valence-electron chi connectivity index (χ3n) is 3.69. The Labute approximate surface area is 130 Å². The maximum Gasteiger partial charge on any atom is 0.148 e. The summed E-state index contributed by atoms with van der Waals surface area (Å²) in [7, 11) is 0. The van der Waals surface area contributed by atoms with Gasteiger partial charge in [0.15, 0.2) is 0 Å². The number of nitrogens with zero attached hydrogens (tertiary/aromatic N) is 2. The molecule has 2 aliphatic rings. The minimum absolute atomic E-state index is 0.252. The summed E-state index contributed by atoms with van der Waals surface area (Å²) in [5.74, 6) is 3.03. The number of hydrogen-bond acceptors (Lipinski definition) is 4. The van der Waals surface area contributed by atoms with E-state index in [0.29, 0.717) is 0 Å². The van der Waals surface area contributed by atoms with Gasteiger partial charge in [0.1, 0.15) is 11.6 Å². The molecule has 2 aliphatic heterocycles. The highest BCUT2D eigenvalue weighted by Crippen LogP contribution is 2.28. The molecule has 0 saturated heterocycles. The van der Waals surface area contributed by atoms with E-state index in [1.165, 1.54) is 11.1 Å². The van der Waals surface area contributed by atoms with Crippen LogP contribution in [0.3, 0.4) is 0 Å². The molecule has 0 fully saturated rings. The van der Waals surface area contributed by atoms with E-state index in [-0.39, 0.29) is 6.10 Å². The second-order valence-electron chi connectivity index (χ2n) is 5.22. The van der Waals surface area contributed by atoms with Gasteiger partial charge in [0, 0.05) is 24.1 Å². The summed E-state index contributed by atoms with van der Waals surface area (Å²) in [6.45, 7) is 5.24. The summed E-state index contributed by atoms with van der Waals surface area (Å²) in [5, 5.41) is 0. The van der Waals surface area contributed by atoms with Crippen molar-refractivity contribution in [3.63, 3.8) is 0 Å². The van der Waals surface area contributed by atoms with Crippen molar-refractivity contribution in [2.24, 2.45) is 4.40 Å². The lowest BCUT2D eigenvalue weighted by atomic mass is 10.0. The molecule has 0 amide bonds. The molecule has 2 heterocycles. The van der Waals surface area contributed by atoms with Crippen LogP contribution in [0.25, 0.3) is 5.57 Å². The van der Waals surface area contributed by atoms with E-state index in [1.807, 2.05) is 12.1 Å². The minimum atomic E-state index is 0.252. The van der Waals surface area contributed by atoms with Gasteiger partial charge in [0.2, 0.25) is 0 Å². The van der Waals surface area contributed by atoms with Gasteiger partial charge in [-0.25, -0.2) is 0 Å². The zero-order chi connectivity index (χ0) is 14.7. The average Bonchev–Trinajstić information content (AvgIpc) is 2.55. The van der Waals surface area contributed by atoms with Crippen molar-refractivity contribution in [3.05, 3.63) is 48.2 Å². The third-order valence-corrected chi connectivity index (χ3v) is 4.36. The van der Waals surface area contributed by atoms with E-state index in [4.69, 9.17) is 4.74 Å². The van der Waals surface area contributed by atoms with Crippen LogP contribution in [0.15, 0.2) is 47.0 Å². The van der Waals surface area contributed by atoms with Gasteiger partial charge < -0.3 is 9.64 Å². The van der Waals surface area contributed by atoms with E-state index >= 15 is 0 Å². The lowest BCUT2D eigenvalue weighted by Gasteiger charge is -2.29.